The maximum absolute atomic E-state index is 13.1. The third-order valence-corrected chi connectivity index (χ3v) is 1.68. The number of carbonyl (C=O) groups is 1. The lowest BCUT2D eigenvalue weighted by Crippen LogP contribution is -2.09. The van der Waals surface area contributed by atoms with Gasteiger partial charge < -0.3 is 5.32 Å². The fourth-order valence-corrected chi connectivity index (χ4v) is 0.957. The minimum Gasteiger partial charge on any atom is -0.320 e. The molecule has 84 valence electrons. The van der Waals surface area contributed by atoms with E-state index in [0.717, 1.165) is 6.08 Å². The maximum Gasteiger partial charge on any atom is 0.307 e. The zero-order valence-electron chi connectivity index (χ0n) is 7.87. The first-order valence-corrected chi connectivity index (χ1v) is 4.02. The molecule has 7 heteroatoms. The predicted octanol–water partition coefficient (Wildman–Crippen LogP) is 2.00. The summed E-state index contributed by atoms with van der Waals surface area (Å²) >= 11 is 0. The number of nitrogens with one attached hydrogen (secondary N) is 1. The van der Waals surface area contributed by atoms with Crippen molar-refractivity contribution < 1.29 is 18.5 Å². The normalized spacial score (nSPS) is 9.62. The monoisotopic (exact) mass is 228 g/mol. The van der Waals surface area contributed by atoms with Crippen molar-refractivity contribution in [1.82, 2.24) is 0 Å². The summed E-state index contributed by atoms with van der Waals surface area (Å²) in [7, 11) is 0. The Kier molecular flexibility index (Phi) is 3.29. The molecule has 0 fully saturated rings. The van der Waals surface area contributed by atoms with Gasteiger partial charge in [-0.25, -0.2) is 4.39 Å². The van der Waals surface area contributed by atoms with Crippen LogP contribution in [0.15, 0.2) is 24.8 Å². The van der Waals surface area contributed by atoms with Gasteiger partial charge in [0.05, 0.1) is 10.6 Å². The Hall–Kier alpha value is -2.31. The van der Waals surface area contributed by atoms with Gasteiger partial charge in [0.2, 0.25) is 11.7 Å². The number of nitrogens with zero attached hydrogens (tertiary/aromatic N) is 1. The van der Waals surface area contributed by atoms with Crippen molar-refractivity contribution in [3.63, 3.8) is 0 Å². The van der Waals surface area contributed by atoms with E-state index >= 15 is 0 Å². The maximum atomic E-state index is 13.1. The summed E-state index contributed by atoms with van der Waals surface area (Å²) in [6.07, 6.45) is 0.856. The Labute approximate surface area is 88.5 Å². The highest BCUT2D eigenvalue weighted by molar-refractivity contribution is 5.99. The van der Waals surface area contributed by atoms with Crippen LogP contribution in [-0.2, 0) is 4.79 Å². The molecule has 0 saturated heterocycles. The number of anilines is 1. The number of hydrogen-bond acceptors (Lipinski definition) is 3. The van der Waals surface area contributed by atoms with Crippen molar-refractivity contribution >= 4 is 17.3 Å². The van der Waals surface area contributed by atoms with Gasteiger partial charge in [0, 0.05) is 12.1 Å². The van der Waals surface area contributed by atoms with Crippen LogP contribution in [0.1, 0.15) is 0 Å². The van der Waals surface area contributed by atoms with Gasteiger partial charge in [-0.15, -0.1) is 0 Å². The predicted molar refractivity (Wildman–Crippen MR) is 51.8 cm³/mol. The summed E-state index contributed by atoms with van der Waals surface area (Å²) in [6, 6.07) is 0.933. The quantitative estimate of drug-likeness (QED) is 0.488. The second-order valence-corrected chi connectivity index (χ2v) is 2.73. The summed E-state index contributed by atoms with van der Waals surface area (Å²) in [6.45, 7) is 3.12. The van der Waals surface area contributed by atoms with Gasteiger partial charge in [-0.2, -0.15) is 4.39 Å². The van der Waals surface area contributed by atoms with Crippen LogP contribution in [-0.4, -0.2) is 10.8 Å². The highest BCUT2D eigenvalue weighted by Crippen LogP contribution is 2.24. The fourth-order valence-electron chi connectivity index (χ4n) is 0.957. The van der Waals surface area contributed by atoms with Crippen molar-refractivity contribution in [3.8, 4) is 0 Å². The molecule has 0 aliphatic heterocycles. The molecule has 1 rings (SSSR count). The van der Waals surface area contributed by atoms with E-state index in [0.29, 0.717) is 12.1 Å². The molecule has 0 spiro atoms. The van der Waals surface area contributed by atoms with Crippen LogP contribution in [0.3, 0.4) is 0 Å². The van der Waals surface area contributed by atoms with Crippen molar-refractivity contribution in [2.75, 3.05) is 5.32 Å². The number of halogens is 2. The number of amides is 1. The van der Waals surface area contributed by atoms with E-state index in [2.05, 4.69) is 6.58 Å². The molecular weight excluding hydrogens is 222 g/mol. The van der Waals surface area contributed by atoms with Crippen molar-refractivity contribution in [2.45, 2.75) is 0 Å². The van der Waals surface area contributed by atoms with Crippen LogP contribution in [0, 0.1) is 21.7 Å². The minimum atomic E-state index is -1.31. The van der Waals surface area contributed by atoms with E-state index in [1.807, 2.05) is 5.32 Å². The highest BCUT2D eigenvalue weighted by atomic mass is 19.1. The van der Waals surface area contributed by atoms with E-state index in [1.54, 1.807) is 0 Å². The molecule has 1 amide bonds. The van der Waals surface area contributed by atoms with Crippen molar-refractivity contribution in [3.05, 3.63) is 46.5 Å². The standard InChI is InChI=1S/C9H6F2N2O3/c1-2-9(14)12-7-4-8(13(15)16)6(11)3-5(7)10/h2-4H,1H2,(H,12,14). The highest BCUT2D eigenvalue weighted by Gasteiger charge is 2.18. The van der Waals surface area contributed by atoms with Crippen LogP contribution >= 0.6 is 0 Å². The molecule has 1 aromatic rings. The zero-order chi connectivity index (χ0) is 12.3. The number of benzene rings is 1. The summed E-state index contributed by atoms with van der Waals surface area (Å²) < 4.78 is 26.0. The second kappa shape index (κ2) is 4.47. The smallest absolute Gasteiger partial charge is 0.307 e. The minimum absolute atomic E-state index is 0.330. The SMILES string of the molecule is C=CC(=O)Nc1cc([N+](=O)[O-])c(F)cc1F. The van der Waals surface area contributed by atoms with Crippen LogP contribution in [0.5, 0.6) is 0 Å². The van der Waals surface area contributed by atoms with Gasteiger partial charge in [-0.05, 0) is 6.08 Å². The molecule has 0 aliphatic rings. The lowest BCUT2D eigenvalue weighted by atomic mass is 10.2. The first-order valence-electron chi connectivity index (χ1n) is 4.02. The van der Waals surface area contributed by atoms with Crippen LogP contribution < -0.4 is 5.32 Å². The van der Waals surface area contributed by atoms with Gasteiger partial charge in [0.25, 0.3) is 0 Å². The molecule has 0 saturated carbocycles. The largest absolute Gasteiger partial charge is 0.320 e. The molecule has 0 radical (unpaired) electrons. The van der Waals surface area contributed by atoms with E-state index in [9.17, 15) is 23.7 Å². The average molecular weight is 228 g/mol. The van der Waals surface area contributed by atoms with Crippen LogP contribution in [0.2, 0.25) is 0 Å². The second-order valence-electron chi connectivity index (χ2n) is 2.73. The van der Waals surface area contributed by atoms with E-state index in [4.69, 9.17) is 0 Å². The van der Waals surface area contributed by atoms with Crippen molar-refractivity contribution in [1.29, 1.82) is 0 Å². The van der Waals surface area contributed by atoms with E-state index < -0.39 is 33.8 Å². The third-order valence-electron chi connectivity index (χ3n) is 1.68. The lowest BCUT2D eigenvalue weighted by molar-refractivity contribution is -0.387. The summed E-state index contributed by atoms with van der Waals surface area (Å²) in [5.74, 6) is -3.16. The Morgan fingerprint density at radius 2 is 2.06 bits per heavy atom. The van der Waals surface area contributed by atoms with Gasteiger partial charge in [-0.3, -0.25) is 14.9 Å². The molecule has 0 atom stereocenters. The number of hydrogen-bond donors (Lipinski definition) is 1. The zero-order valence-corrected chi connectivity index (χ0v) is 7.87. The van der Waals surface area contributed by atoms with Gasteiger partial charge in [0.1, 0.15) is 5.82 Å². The summed E-state index contributed by atoms with van der Waals surface area (Å²) in [5, 5.41) is 12.3. The summed E-state index contributed by atoms with van der Waals surface area (Å²) in [5.41, 5.74) is -1.39. The Balaban J connectivity index is 3.19. The molecule has 0 heterocycles. The third kappa shape index (κ3) is 2.38. The topological polar surface area (TPSA) is 72.2 Å². The Bertz CT molecular complexity index is 474. The molecule has 0 unspecified atom stereocenters. The number of rotatable bonds is 3. The number of carbonyl (C=O) groups excluding carboxylic acids is 1. The molecule has 16 heavy (non-hydrogen) atoms. The molecule has 0 aromatic heterocycles. The molecular formula is C9H6F2N2O3. The van der Waals surface area contributed by atoms with Crippen LogP contribution in [0.25, 0.3) is 0 Å². The van der Waals surface area contributed by atoms with Gasteiger partial charge in [-0.1, -0.05) is 6.58 Å². The Morgan fingerprint density at radius 3 is 2.56 bits per heavy atom. The molecule has 0 aliphatic carbocycles. The molecule has 5 nitrogen and oxygen atoms in total. The number of nitro groups is 1. The first-order chi connectivity index (χ1) is 7.45. The van der Waals surface area contributed by atoms with E-state index in [1.165, 1.54) is 0 Å². The van der Waals surface area contributed by atoms with Crippen molar-refractivity contribution in [2.24, 2.45) is 0 Å². The average Bonchev–Trinajstić information content (AvgIpc) is 2.21. The lowest BCUT2D eigenvalue weighted by Gasteiger charge is -2.03. The molecule has 0 bridgehead atoms. The fraction of sp³-hybridized carbons (Fsp3) is 0. The molecule has 1 aromatic carbocycles. The van der Waals surface area contributed by atoms with Crippen LogP contribution in [0.4, 0.5) is 20.2 Å². The van der Waals surface area contributed by atoms with E-state index in [-0.39, 0.29) is 0 Å². The van der Waals surface area contributed by atoms with Gasteiger partial charge in [0.15, 0.2) is 0 Å². The van der Waals surface area contributed by atoms with Gasteiger partial charge >= 0.3 is 5.69 Å². The summed E-state index contributed by atoms with van der Waals surface area (Å²) in [4.78, 5) is 20.2. The number of nitro benzene ring substituents is 1. The molecule has 1 N–H and O–H groups in total. The Morgan fingerprint density at radius 1 is 1.44 bits per heavy atom. The first kappa shape index (κ1) is 11.8.